The van der Waals surface area contributed by atoms with Crippen LogP contribution in [0.2, 0.25) is 0 Å². The minimum Gasteiger partial charge on any atom is -0.496 e. The zero-order valence-electron chi connectivity index (χ0n) is 23.3. The smallest absolute Gasteiger partial charge is 0.325 e. The Morgan fingerprint density at radius 2 is 1.61 bits per heavy atom. The molecule has 2 amide bonds. The quantitative estimate of drug-likeness (QED) is 0.271. The molecule has 4 atom stereocenters. The maximum atomic E-state index is 14.5. The van der Waals surface area contributed by atoms with Crippen LogP contribution in [0.15, 0.2) is 72.9 Å². The summed E-state index contributed by atoms with van der Waals surface area (Å²) in [5.41, 5.74) is 2.89. The lowest BCUT2D eigenvalue weighted by Gasteiger charge is -2.32. The van der Waals surface area contributed by atoms with E-state index in [2.05, 4.69) is 10.3 Å². The number of benzene rings is 3. The first-order valence-corrected chi connectivity index (χ1v) is 14.0. The Balaban J connectivity index is 1.56. The number of carboxylic acid groups (broad SMARTS) is 1. The van der Waals surface area contributed by atoms with Crippen molar-refractivity contribution in [3.8, 4) is 5.75 Å². The number of aromatic nitrogens is 1. The fourth-order valence-electron chi connectivity index (χ4n) is 6.93. The van der Waals surface area contributed by atoms with E-state index in [9.17, 15) is 19.5 Å². The van der Waals surface area contributed by atoms with Crippen molar-refractivity contribution < 1.29 is 24.2 Å². The first-order chi connectivity index (χ1) is 19.9. The number of aromatic amines is 1. The second kappa shape index (κ2) is 10.2. The monoisotopic (exact) mass is 551 g/mol. The SMILES string of the molecule is CCc1cccc(CC)c1N1C(=O)C2C(c3ccccc3OC)NC(Cc3c[nH]c4ccccc34)(C(=O)O)C2C1=O. The zero-order chi connectivity index (χ0) is 28.9. The lowest BCUT2D eigenvalue weighted by atomic mass is 9.76. The number of carbonyl (C=O) groups is 3. The summed E-state index contributed by atoms with van der Waals surface area (Å²) in [6.07, 6.45) is 3.07. The number of methoxy groups -OCH3 is 1. The van der Waals surface area contributed by atoms with E-state index in [0.717, 1.165) is 27.6 Å². The Labute approximate surface area is 238 Å². The van der Waals surface area contributed by atoms with Crippen molar-refractivity contribution in [2.75, 3.05) is 12.0 Å². The summed E-state index contributed by atoms with van der Waals surface area (Å²) < 4.78 is 5.64. The summed E-state index contributed by atoms with van der Waals surface area (Å²) >= 11 is 0. The van der Waals surface area contributed by atoms with Gasteiger partial charge in [-0.25, -0.2) is 4.90 Å². The molecule has 0 radical (unpaired) electrons. The number of aliphatic carboxylic acids is 1. The average Bonchev–Trinajstić information content (AvgIpc) is 3.64. The minimum atomic E-state index is -1.74. The largest absolute Gasteiger partial charge is 0.496 e. The van der Waals surface area contributed by atoms with E-state index < -0.39 is 35.3 Å². The third-order valence-electron chi connectivity index (χ3n) is 8.84. The molecule has 8 heteroatoms. The number of nitrogens with zero attached hydrogens (tertiary/aromatic N) is 1. The molecule has 6 rings (SSSR count). The van der Waals surface area contributed by atoms with Gasteiger partial charge in [-0.05, 0) is 41.7 Å². The fourth-order valence-corrected chi connectivity index (χ4v) is 6.93. The highest BCUT2D eigenvalue weighted by Crippen LogP contribution is 2.53. The summed E-state index contributed by atoms with van der Waals surface area (Å²) in [6, 6.07) is 20.0. The lowest BCUT2D eigenvalue weighted by molar-refractivity contribution is -0.148. The van der Waals surface area contributed by atoms with Gasteiger partial charge in [0.05, 0.1) is 24.6 Å². The van der Waals surface area contributed by atoms with Crippen LogP contribution in [0.5, 0.6) is 5.75 Å². The van der Waals surface area contributed by atoms with Crippen molar-refractivity contribution in [3.63, 3.8) is 0 Å². The van der Waals surface area contributed by atoms with Gasteiger partial charge in [-0.3, -0.25) is 19.7 Å². The number of ether oxygens (including phenoxy) is 1. The minimum absolute atomic E-state index is 0.0160. The second-order valence-corrected chi connectivity index (χ2v) is 10.8. The van der Waals surface area contributed by atoms with Gasteiger partial charge in [-0.1, -0.05) is 68.4 Å². The molecule has 3 aromatic carbocycles. The molecule has 3 heterocycles. The molecule has 41 heavy (non-hydrogen) atoms. The first-order valence-electron chi connectivity index (χ1n) is 14.0. The second-order valence-electron chi connectivity index (χ2n) is 10.8. The van der Waals surface area contributed by atoms with E-state index in [4.69, 9.17) is 4.74 Å². The van der Waals surface area contributed by atoms with Crippen LogP contribution in [-0.2, 0) is 33.6 Å². The molecule has 0 saturated carbocycles. The van der Waals surface area contributed by atoms with E-state index >= 15 is 0 Å². The normalized spacial score (nSPS) is 23.8. The van der Waals surface area contributed by atoms with Crippen molar-refractivity contribution >= 4 is 34.4 Å². The molecule has 2 fully saturated rings. The maximum Gasteiger partial charge on any atom is 0.325 e. The Kier molecular flexibility index (Phi) is 6.66. The highest BCUT2D eigenvalue weighted by atomic mass is 16.5. The number of anilines is 1. The van der Waals surface area contributed by atoms with E-state index in [1.165, 1.54) is 4.90 Å². The molecule has 4 unspecified atom stereocenters. The number of carboxylic acids is 1. The highest BCUT2D eigenvalue weighted by Gasteiger charge is 2.69. The van der Waals surface area contributed by atoms with Crippen LogP contribution in [0.1, 0.15) is 42.1 Å². The number of imide groups is 1. The van der Waals surface area contributed by atoms with Crippen molar-refractivity contribution in [1.82, 2.24) is 10.3 Å². The van der Waals surface area contributed by atoms with Crippen LogP contribution in [-0.4, -0.2) is 40.5 Å². The number of hydrogen-bond acceptors (Lipinski definition) is 5. The van der Waals surface area contributed by atoms with Crippen LogP contribution in [0.25, 0.3) is 10.9 Å². The van der Waals surface area contributed by atoms with Crippen molar-refractivity contribution in [2.45, 2.75) is 44.7 Å². The molecule has 8 nitrogen and oxygen atoms in total. The summed E-state index contributed by atoms with van der Waals surface area (Å²) in [7, 11) is 1.54. The third-order valence-corrected chi connectivity index (χ3v) is 8.84. The van der Waals surface area contributed by atoms with Crippen molar-refractivity contribution in [2.24, 2.45) is 11.8 Å². The van der Waals surface area contributed by atoms with Crippen LogP contribution in [0, 0.1) is 11.8 Å². The molecule has 2 saturated heterocycles. The van der Waals surface area contributed by atoms with Gasteiger partial charge in [-0.2, -0.15) is 0 Å². The zero-order valence-corrected chi connectivity index (χ0v) is 23.3. The molecule has 4 aromatic rings. The number of para-hydroxylation sites is 3. The molecule has 0 aliphatic carbocycles. The Bertz CT molecular complexity index is 1650. The van der Waals surface area contributed by atoms with Gasteiger partial charge in [0.1, 0.15) is 11.3 Å². The number of fused-ring (bicyclic) bond motifs is 2. The van der Waals surface area contributed by atoms with Crippen molar-refractivity contribution in [1.29, 1.82) is 0 Å². The molecule has 210 valence electrons. The molecule has 2 aliphatic rings. The van der Waals surface area contributed by atoms with Crippen LogP contribution < -0.4 is 15.0 Å². The highest BCUT2D eigenvalue weighted by molar-refractivity contribution is 6.25. The number of carbonyl (C=O) groups excluding carboxylic acids is 2. The number of H-pyrrole nitrogens is 1. The summed E-state index contributed by atoms with van der Waals surface area (Å²) in [5.74, 6) is -3.58. The first kappa shape index (κ1) is 26.8. The van der Waals surface area contributed by atoms with Gasteiger partial charge in [0.15, 0.2) is 0 Å². The van der Waals surface area contributed by atoms with Crippen LogP contribution in [0.4, 0.5) is 5.69 Å². The van der Waals surface area contributed by atoms with Crippen LogP contribution >= 0.6 is 0 Å². The molecular weight excluding hydrogens is 518 g/mol. The van der Waals surface area contributed by atoms with Gasteiger partial charge >= 0.3 is 5.97 Å². The van der Waals surface area contributed by atoms with Gasteiger partial charge in [-0.15, -0.1) is 0 Å². The van der Waals surface area contributed by atoms with Gasteiger partial charge in [0.2, 0.25) is 11.8 Å². The van der Waals surface area contributed by atoms with E-state index in [0.29, 0.717) is 29.8 Å². The van der Waals surface area contributed by atoms with Crippen molar-refractivity contribution in [3.05, 3.63) is 95.2 Å². The standard InChI is InChI=1S/C33H33N3O5/c1-4-19-11-10-12-20(5-2)29(19)36-30(37)26-27(31(36)38)33(32(39)40,17-21-18-34-24-15-8-6-13-22(21)24)35-28(26)23-14-7-9-16-25(23)41-3/h6-16,18,26-28,34-35H,4-5,17H2,1-3H3,(H,39,40). The number of hydrogen-bond donors (Lipinski definition) is 3. The molecule has 3 N–H and O–H groups in total. The lowest BCUT2D eigenvalue weighted by Crippen LogP contribution is -2.57. The van der Waals surface area contributed by atoms with E-state index in [1.54, 1.807) is 19.4 Å². The summed E-state index contributed by atoms with van der Waals surface area (Å²) in [4.78, 5) is 46.9. The molecule has 2 aliphatic heterocycles. The van der Waals surface area contributed by atoms with Gasteiger partial charge in [0, 0.05) is 35.1 Å². The number of aryl methyl sites for hydroxylation is 2. The van der Waals surface area contributed by atoms with Crippen LogP contribution in [0.3, 0.4) is 0 Å². The summed E-state index contributed by atoms with van der Waals surface area (Å²) in [5, 5.41) is 15.2. The predicted octanol–water partition coefficient (Wildman–Crippen LogP) is 4.82. The average molecular weight is 552 g/mol. The number of rotatable bonds is 8. The Morgan fingerprint density at radius 3 is 2.29 bits per heavy atom. The Hall–Kier alpha value is -4.43. The predicted molar refractivity (Wildman–Crippen MR) is 156 cm³/mol. The maximum absolute atomic E-state index is 14.5. The van der Waals surface area contributed by atoms with Gasteiger partial charge in [0.25, 0.3) is 0 Å². The topological polar surface area (TPSA) is 112 Å². The van der Waals surface area contributed by atoms with E-state index in [-0.39, 0.29) is 12.3 Å². The van der Waals surface area contributed by atoms with Gasteiger partial charge < -0.3 is 14.8 Å². The fraction of sp³-hybridized carbons (Fsp3) is 0.303. The third kappa shape index (κ3) is 3.96. The number of amides is 2. The summed E-state index contributed by atoms with van der Waals surface area (Å²) in [6.45, 7) is 3.98. The molecular formula is C33H33N3O5. The Morgan fingerprint density at radius 1 is 0.927 bits per heavy atom. The molecule has 0 spiro atoms. The molecule has 0 bridgehead atoms. The van der Waals surface area contributed by atoms with E-state index in [1.807, 2.05) is 74.5 Å². The number of nitrogens with one attached hydrogen (secondary N) is 2. The molecule has 1 aromatic heterocycles.